The number of hydrogen-bond acceptors (Lipinski definition) is 4. The Labute approximate surface area is 120 Å². The van der Waals surface area contributed by atoms with E-state index in [1.165, 1.54) is 11.3 Å². The molecule has 3 aromatic rings. The topological polar surface area (TPSA) is 47.3 Å². The lowest BCUT2D eigenvalue weighted by Gasteiger charge is -2.00. The van der Waals surface area contributed by atoms with Crippen LogP contribution in [-0.4, -0.2) is 14.4 Å². The van der Waals surface area contributed by atoms with E-state index in [0.717, 1.165) is 11.4 Å². The Morgan fingerprint density at radius 3 is 2.85 bits per heavy atom. The Morgan fingerprint density at radius 1 is 1.20 bits per heavy atom. The minimum Gasteiger partial charge on any atom is -0.269 e. The van der Waals surface area contributed by atoms with Crippen molar-refractivity contribution in [3.8, 4) is 0 Å². The minimum absolute atomic E-state index is 0.0203. The van der Waals surface area contributed by atoms with E-state index in [1.54, 1.807) is 17.5 Å². The van der Waals surface area contributed by atoms with Crippen LogP contribution < -0.4 is 5.56 Å². The molecule has 0 saturated heterocycles. The lowest BCUT2D eigenvalue weighted by Crippen LogP contribution is -2.17. The normalized spacial score (nSPS) is 11.5. The molecule has 0 amide bonds. The predicted octanol–water partition coefficient (Wildman–Crippen LogP) is 2.94. The van der Waals surface area contributed by atoms with Crippen LogP contribution in [0.2, 0.25) is 0 Å². The van der Waals surface area contributed by atoms with Crippen LogP contribution in [0.25, 0.3) is 17.1 Å². The third-order valence-electron chi connectivity index (χ3n) is 3.05. The highest BCUT2D eigenvalue weighted by atomic mass is 32.1. The fourth-order valence-electron chi connectivity index (χ4n) is 1.97. The molecule has 100 valence electrons. The van der Waals surface area contributed by atoms with Crippen LogP contribution in [0, 0.1) is 13.8 Å². The molecule has 0 spiro atoms. The van der Waals surface area contributed by atoms with Crippen LogP contribution in [0.4, 0.5) is 0 Å². The number of aromatic nitrogens is 3. The molecule has 0 atom stereocenters. The number of pyridine rings is 1. The largest absolute Gasteiger partial charge is 0.269 e. The number of hydrogen-bond donors (Lipinski definition) is 0. The van der Waals surface area contributed by atoms with Gasteiger partial charge in [-0.2, -0.15) is 0 Å². The first-order valence-corrected chi connectivity index (χ1v) is 7.11. The molecule has 5 heteroatoms. The molecular formula is C15H13N3OS. The van der Waals surface area contributed by atoms with Gasteiger partial charge in [0.05, 0.1) is 11.4 Å². The van der Waals surface area contributed by atoms with Gasteiger partial charge in [-0.1, -0.05) is 6.07 Å². The molecular weight excluding hydrogens is 270 g/mol. The maximum Gasteiger partial charge on any atom is 0.262 e. The Hall–Kier alpha value is -2.27. The van der Waals surface area contributed by atoms with Gasteiger partial charge in [0.15, 0.2) is 4.96 Å². The molecule has 0 unspecified atom stereocenters. The molecule has 20 heavy (non-hydrogen) atoms. The molecule has 3 rings (SSSR count). The van der Waals surface area contributed by atoms with Gasteiger partial charge in [-0.05, 0) is 38.1 Å². The van der Waals surface area contributed by atoms with Crippen molar-refractivity contribution in [2.75, 3.05) is 0 Å². The van der Waals surface area contributed by atoms with Crippen LogP contribution in [0.1, 0.15) is 22.6 Å². The quantitative estimate of drug-likeness (QED) is 0.726. The second-order valence-corrected chi connectivity index (χ2v) is 5.39. The molecule has 0 aliphatic rings. The van der Waals surface area contributed by atoms with Gasteiger partial charge in [-0.15, -0.1) is 11.3 Å². The summed E-state index contributed by atoms with van der Waals surface area (Å²) in [5, 5.41) is 1.86. The second kappa shape index (κ2) is 5.02. The molecule has 3 heterocycles. The van der Waals surface area contributed by atoms with Gasteiger partial charge >= 0.3 is 0 Å². The molecule has 0 aliphatic heterocycles. The number of nitrogens with zero attached hydrogens (tertiary/aromatic N) is 3. The monoisotopic (exact) mass is 283 g/mol. The highest BCUT2D eigenvalue weighted by molar-refractivity contribution is 7.15. The van der Waals surface area contributed by atoms with Crippen molar-refractivity contribution in [3.63, 3.8) is 0 Å². The molecule has 0 radical (unpaired) electrons. The maximum atomic E-state index is 12.2. The van der Waals surface area contributed by atoms with Crippen LogP contribution in [0.3, 0.4) is 0 Å². The highest BCUT2D eigenvalue weighted by Crippen LogP contribution is 2.12. The molecule has 0 aromatic carbocycles. The summed E-state index contributed by atoms with van der Waals surface area (Å²) >= 11 is 1.45. The van der Waals surface area contributed by atoms with Gasteiger partial charge in [0.2, 0.25) is 0 Å². The molecule has 0 bridgehead atoms. The summed E-state index contributed by atoms with van der Waals surface area (Å²) in [5.74, 6) is 0. The first-order chi connectivity index (χ1) is 9.65. The average molecular weight is 283 g/mol. The Bertz CT molecular complexity index is 861. The zero-order valence-electron chi connectivity index (χ0n) is 11.2. The van der Waals surface area contributed by atoms with Crippen molar-refractivity contribution in [2.24, 2.45) is 0 Å². The maximum absolute atomic E-state index is 12.2. The molecule has 0 fully saturated rings. The van der Waals surface area contributed by atoms with Crippen molar-refractivity contribution in [2.45, 2.75) is 13.8 Å². The van der Waals surface area contributed by atoms with Gasteiger partial charge < -0.3 is 0 Å². The smallest absolute Gasteiger partial charge is 0.262 e. The predicted molar refractivity (Wildman–Crippen MR) is 82.0 cm³/mol. The number of rotatable bonds is 2. The van der Waals surface area contributed by atoms with E-state index in [2.05, 4.69) is 9.97 Å². The Morgan fingerprint density at radius 2 is 2.05 bits per heavy atom. The van der Waals surface area contributed by atoms with E-state index in [4.69, 9.17) is 0 Å². The van der Waals surface area contributed by atoms with Gasteiger partial charge in [-0.3, -0.25) is 14.2 Å². The SMILES string of the molecule is Cc1cccc(C=Cc2nc3sccn3c(=O)c2C)n1. The number of aryl methyl sites for hydroxylation is 1. The van der Waals surface area contributed by atoms with Crippen molar-refractivity contribution in [1.82, 2.24) is 14.4 Å². The van der Waals surface area contributed by atoms with E-state index in [-0.39, 0.29) is 5.56 Å². The fourth-order valence-corrected chi connectivity index (χ4v) is 2.68. The summed E-state index contributed by atoms with van der Waals surface area (Å²) in [7, 11) is 0. The summed E-state index contributed by atoms with van der Waals surface area (Å²) < 4.78 is 1.57. The van der Waals surface area contributed by atoms with Gasteiger partial charge in [0, 0.05) is 22.8 Å². The van der Waals surface area contributed by atoms with E-state index < -0.39 is 0 Å². The van der Waals surface area contributed by atoms with Crippen molar-refractivity contribution in [1.29, 1.82) is 0 Å². The van der Waals surface area contributed by atoms with Crippen molar-refractivity contribution >= 4 is 28.4 Å². The van der Waals surface area contributed by atoms with Crippen LogP contribution >= 0.6 is 11.3 Å². The Kier molecular flexibility index (Phi) is 3.20. The average Bonchev–Trinajstić information content (AvgIpc) is 2.90. The van der Waals surface area contributed by atoms with Gasteiger partial charge in [-0.25, -0.2) is 4.98 Å². The molecule has 0 N–H and O–H groups in total. The fraction of sp³-hybridized carbons (Fsp3) is 0.133. The lowest BCUT2D eigenvalue weighted by atomic mass is 10.2. The van der Waals surface area contributed by atoms with Crippen molar-refractivity contribution in [3.05, 3.63) is 62.8 Å². The zero-order valence-corrected chi connectivity index (χ0v) is 12.0. The number of fused-ring (bicyclic) bond motifs is 1. The molecule has 0 saturated carbocycles. The minimum atomic E-state index is -0.0203. The molecule has 0 aliphatic carbocycles. The first kappa shape index (κ1) is 12.7. The summed E-state index contributed by atoms with van der Waals surface area (Å²) in [5.41, 5.74) is 3.14. The lowest BCUT2D eigenvalue weighted by molar-refractivity contribution is 1.03. The second-order valence-electron chi connectivity index (χ2n) is 4.52. The summed E-state index contributed by atoms with van der Waals surface area (Å²) in [6.07, 6.45) is 5.47. The third kappa shape index (κ3) is 2.28. The van der Waals surface area contributed by atoms with Crippen molar-refractivity contribution < 1.29 is 0 Å². The van der Waals surface area contributed by atoms with Crippen LogP contribution in [-0.2, 0) is 0 Å². The molecule has 3 aromatic heterocycles. The van der Waals surface area contributed by atoms with E-state index in [0.29, 0.717) is 16.2 Å². The van der Waals surface area contributed by atoms with E-state index in [9.17, 15) is 4.79 Å². The summed E-state index contributed by atoms with van der Waals surface area (Å²) in [4.78, 5) is 21.8. The van der Waals surface area contributed by atoms with Gasteiger partial charge in [0.1, 0.15) is 0 Å². The van der Waals surface area contributed by atoms with Crippen LogP contribution in [0.5, 0.6) is 0 Å². The molecule has 4 nitrogen and oxygen atoms in total. The highest BCUT2D eigenvalue weighted by Gasteiger charge is 2.07. The summed E-state index contributed by atoms with van der Waals surface area (Å²) in [6.45, 7) is 3.74. The number of thiazole rings is 1. The standard InChI is InChI=1S/C15H13N3OS/c1-10-4-3-5-12(16-10)6-7-13-11(2)14(19)18-8-9-20-15(18)17-13/h3-9H,1-2H3. The third-order valence-corrected chi connectivity index (χ3v) is 3.81. The van der Waals surface area contributed by atoms with Gasteiger partial charge in [0.25, 0.3) is 5.56 Å². The zero-order chi connectivity index (χ0) is 14.1. The first-order valence-electron chi connectivity index (χ1n) is 6.23. The van der Waals surface area contributed by atoms with E-state index in [1.807, 2.05) is 42.7 Å². The van der Waals surface area contributed by atoms with Crippen LogP contribution in [0.15, 0.2) is 34.6 Å². The summed E-state index contributed by atoms with van der Waals surface area (Å²) in [6, 6.07) is 5.83. The Balaban J connectivity index is 2.06. The van der Waals surface area contributed by atoms with E-state index >= 15 is 0 Å².